The number of rotatable bonds is 8. The summed E-state index contributed by atoms with van der Waals surface area (Å²) < 4.78 is 74.5. The van der Waals surface area contributed by atoms with Gasteiger partial charge >= 0.3 is 12.1 Å². The van der Waals surface area contributed by atoms with E-state index >= 15 is 0 Å². The lowest BCUT2D eigenvalue weighted by Gasteiger charge is -2.39. The number of nitrogens with one attached hydrogen (secondary N) is 1. The van der Waals surface area contributed by atoms with Crippen LogP contribution in [0.15, 0.2) is 59.5 Å². The number of carboxylic acids is 1. The number of nitrogens with zero attached hydrogens (tertiary/aromatic N) is 3. The van der Waals surface area contributed by atoms with Crippen molar-refractivity contribution in [3.8, 4) is 17.0 Å². The lowest BCUT2D eigenvalue weighted by Crippen LogP contribution is -2.41. The Morgan fingerprint density at radius 3 is 2.53 bits per heavy atom. The number of halogens is 3. The second-order valence-electron chi connectivity index (χ2n) is 11.6. The van der Waals surface area contributed by atoms with Crippen LogP contribution in [0.3, 0.4) is 0 Å². The Morgan fingerprint density at radius 2 is 1.91 bits per heavy atom. The first-order valence-electron chi connectivity index (χ1n) is 14.3. The Kier molecular flexibility index (Phi) is 8.82. The first-order chi connectivity index (χ1) is 21.2. The van der Waals surface area contributed by atoms with E-state index in [0.29, 0.717) is 50.3 Å². The van der Waals surface area contributed by atoms with Gasteiger partial charge in [-0.2, -0.15) is 23.1 Å². The van der Waals surface area contributed by atoms with Gasteiger partial charge in [0.2, 0.25) is 17.9 Å². The molecule has 0 aliphatic carbocycles. The number of nitrogen functional groups attached to an aromatic ring is 1. The zero-order valence-corrected chi connectivity index (χ0v) is 25.5. The van der Waals surface area contributed by atoms with Gasteiger partial charge < -0.3 is 25.8 Å². The van der Waals surface area contributed by atoms with Gasteiger partial charge in [0.05, 0.1) is 4.90 Å². The third kappa shape index (κ3) is 7.22. The fourth-order valence-electron chi connectivity index (χ4n) is 6.01. The van der Waals surface area contributed by atoms with Gasteiger partial charge in [-0.05, 0) is 66.5 Å². The highest BCUT2D eigenvalue weighted by Gasteiger charge is 2.46. The molecular formula is C31H34F3N5O5S. The SMILES string of the molecule is C/C=C/c1ccc(-c2cccc(S(C)(=O)=O)c2)c([C@@H](Oc2cc(N3CCC4(CC3)CN[C@H](C(=O)O)C4)nc(N)n2)C(F)(F)F)c1. The van der Waals surface area contributed by atoms with Gasteiger partial charge in [0.25, 0.3) is 0 Å². The minimum absolute atomic E-state index is 0.0312. The van der Waals surface area contributed by atoms with E-state index in [9.17, 15) is 31.5 Å². The van der Waals surface area contributed by atoms with Crippen LogP contribution in [0.5, 0.6) is 5.88 Å². The molecule has 0 radical (unpaired) electrons. The van der Waals surface area contributed by atoms with Gasteiger partial charge in [0.15, 0.2) is 9.84 Å². The van der Waals surface area contributed by atoms with Gasteiger partial charge in [-0.1, -0.05) is 36.4 Å². The predicted molar refractivity (Wildman–Crippen MR) is 163 cm³/mol. The van der Waals surface area contributed by atoms with E-state index in [-0.39, 0.29) is 38.8 Å². The second-order valence-corrected chi connectivity index (χ2v) is 13.6. The largest absolute Gasteiger partial charge is 0.480 e. The van der Waals surface area contributed by atoms with E-state index in [1.165, 1.54) is 36.4 Å². The van der Waals surface area contributed by atoms with Crippen molar-refractivity contribution in [2.24, 2.45) is 5.41 Å². The van der Waals surface area contributed by atoms with Crippen molar-refractivity contribution in [1.82, 2.24) is 15.3 Å². The Balaban J connectivity index is 1.48. The minimum atomic E-state index is -4.90. The number of anilines is 2. The lowest BCUT2D eigenvalue weighted by atomic mass is 9.76. The van der Waals surface area contributed by atoms with E-state index in [2.05, 4.69) is 15.3 Å². The number of nitrogens with two attached hydrogens (primary N) is 1. The van der Waals surface area contributed by atoms with E-state index in [4.69, 9.17) is 10.5 Å². The normalized spacial score (nSPS) is 19.2. The second kappa shape index (κ2) is 12.3. The fraction of sp³-hybridized carbons (Fsp3) is 0.387. The standard InChI is InChI=1S/C31H34F3N5O5S/c1-3-5-19-8-9-22(20-6-4-7-21(15-20)45(2,42)43)23(14-19)27(31(32,33)34)44-26-16-25(37-29(35)38-26)39-12-10-30(11-13-39)17-24(28(40)41)36-18-30/h3-9,14-16,24,27,36H,10-13,17-18H2,1-2H3,(H,40,41)(H2,35,37,38)/b5-3+/t24-,27+/m0/s1. The van der Waals surface area contributed by atoms with Crippen LogP contribution in [0.4, 0.5) is 24.9 Å². The molecule has 2 aliphatic heterocycles. The summed E-state index contributed by atoms with van der Waals surface area (Å²) in [6.07, 6.45) is -1.17. The summed E-state index contributed by atoms with van der Waals surface area (Å²) in [5.41, 5.74) is 6.44. The molecule has 0 unspecified atom stereocenters. The summed E-state index contributed by atoms with van der Waals surface area (Å²) in [4.78, 5) is 21.5. The number of carbonyl (C=O) groups is 1. The topological polar surface area (TPSA) is 148 Å². The summed E-state index contributed by atoms with van der Waals surface area (Å²) in [6.45, 7) is 3.31. The van der Waals surface area contributed by atoms with Crippen LogP contribution < -0.4 is 20.7 Å². The van der Waals surface area contributed by atoms with Gasteiger partial charge in [-0.15, -0.1) is 0 Å². The van der Waals surface area contributed by atoms with Crippen LogP contribution in [0.25, 0.3) is 17.2 Å². The molecule has 0 saturated carbocycles. The van der Waals surface area contributed by atoms with Crippen molar-refractivity contribution in [1.29, 1.82) is 0 Å². The number of benzene rings is 2. The third-order valence-corrected chi connectivity index (χ3v) is 9.45. The predicted octanol–water partition coefficient (Wildman–Crippen LogP) is 4.88. The van der Waals surface area contributed by atoms with Crippen LogP contribution in [0, 0.1) is 5.41 Å². The van der Waals surface area contributed by atoms with E-state index < -0.39 is 34.1 Å². The number of sulfone groups is 1. The van der Waals surface area contributed by atoms with Gasteiger partial charge in [0.1, 0.15) is 11.9 Å². The Morgan fingerprint density at radius 1 is 1.18 bits per heavy atom. The molecule has 2 fully saturated rings. The van der Waals surface area contributed by atoms with E-state index in [1.54, 1.807) is 31.2 Å². The molecule has 5 rings (SSSR count). The van der Waals surface area contributed by atoms with Crippen LogP contribution in [-0.2, 0) is 14.6 Å². The lowest BCUT2D eigenvalue weighted by molar-refractivity contribution is -0.198. The quantitative estimate of drug-likeness (QED) is 0.310. The number of aromatic nitrogens is 2. The number of carboxylic acid groups (broad SMARTS) is 1. The van der Waals surface area contributed by atoms with Crippen LogP contribution >= 0.6 is 0 Å². The maximum atomic E-state index is 14.8. The van der Waals surface area contributed by atoms with E-state index in [1.807, 2.05) is 4.90 Å². The summed E-state index contributed by atoms with van der Waals surface area (Å²) in [5.74, 6) is -1.22. The molecule has 2 atom stereocenters. The zero-order chi connectivity index (χ0) is 32.6. The number of hydrogen-bond acceptors (Lipinski definition) is 9. The van der Waals surface area contributed by atoms with Crippen LogP contribution in [-0.4, -0.2) is 67.6 Å². The monoisotopic (exact) mass is 645 g/mol. The van der Waals surface area contributed by atoms with Crippen molar-refractivity contribution in [2.75, 3.05) is 36.5 Å². The molecule has 4 N–H and O–H groups in total. The summed E-state index contributed by atoms with van der Waals surface area (Å²) >= 11 is 0. The molecule has 0 amide bonds. The van der Waals surface area contributed by atoms with Crippen molar-refractivity contribution >= 4 is 33.6 Å². The summed E-state index contributed by atoms with van der Waals surface area (Å²) in [5, 5.41) is 12.4. The number of hydrogen-bond donors (Lipinski definition) is 3. The molecule has 45 heavy (non-hydrogen) atoms. The van der Waals surface area contributed by atoms with Crippen molar-refractivity contribution < 1.29 is 36.2 Å². The zero-order valence-electron chi connectivity index (χ0n) is 24.7. The summed E-state index contributed by atoms with van der Waals surface area (Å²) in [7, 11) is -3.62. The Bertz CT molecular complexity index is 1720. The molecule has 0 bridgehead atoms. The smallest absolute Gasteiger partial charge is 0.429 e. The molecule has 2 aromatic carbocycles. The molecular weight excluding hydrogens is 611 g/mol. The first kappa shape index (κ1) is 32.2. The number of alkyl halides is 3. The molecule has 10 nitrogen and oxygen atoms in total. The van der Waals surface area contributed by atoms with Crippen molar-refractivity contribution in [3.05, 3.63) is 65.7 Å². The molecule has 2 aliphatic rings. The van der Waals surface area contributed by atoms with Gasteiger partial charge in [0, 0.05) is 37.5 Å². The van der Waals surface area contributed by atoms with Crippen LogP contribution in [0.2, 0.25) is 0 Å². The van der Waals surface area contributed by atoms with E-state index in [0.717, 1.165) is 6.26 Å². The average molecular weight is 646 g/mol. The summed E-state index contributed by atoms with van der Waals surface area (Å²) in [6, 6.07) is 10.9. The average Bonchev–Trinajstić information content (AvgIpc) is 3.39. The minimum Gasteiger partial charge on any atom is -0.480 e. The number of piperidine rings is 1. The Labute approximate surface area is 259 Å². The number of ether oxygens (including phenoxy) is 1. The molecule has 240 valence electrons. The highest BCUT2D eigenvalue weighted by molar-refractivity contribution is 7.90. The van der Waals surface area contributed by atoms with Gasteiger partial charge in [-0.3, -0.25) is 4.79 Å². The number of allylic oxidation sites excluding steroid dienone is 1. The van der Waals surface area contributed by atoms with Crippen molar-refractivity contribution in [2.45, 2.75) is 49.4 Å². The maximum Gasteiger partial charge on any atom is 0.429 e. The maximum absolute atomic E-state index is 14.8. The van der Waals surface area contributed by atoms with Crippen LogP contribution in [0.1, 0.15) is 43.4 Å². The first-order valence-corrected chi connectivity index (χ1v) is 16.2. The highest BCUT2D eigenvalue weighted by atomic mass is 32.2. The molecule has 2 saturated heterocycles. The molecule has 14 heteroatoms. The van der Waals surface area contributed by atoms with Crippen molar-refractivity contribution in [3.63, 3.8) is 0 Å². The van der Waals surface area contributed by atoms with Gasteiger partial charge in [-0.25, -0.2) is 8.42 Å². The Hall–Kier alpha value is -4.17. The molecule has 3 aromatic rings. The molecule has 1 aromatic heterocycles. The fourth-order valence-corrected chi connectivity index (χ4v) is 6.68. The highest BCUT2D eigenvalue weighted by Crippen LogP contribution is 2.43. The number of aliphatic carboxylic acids is 1. The third-order valence-electron chi connectivity index (χ3n) is 8.34. The molecule has 3 heterocycles. The molecule has 1 spiro atoms.